The second kappa shape index (κ2) is 4.78. The van der Waals surface area contributed by atoms with E-state index in [1.54, 1.807) is 11.3 Å². The molecule has 0 radical (unpaired) electrons. The zero-order chi connectivity index (χ0) is 16.3. The van der Waals surface area contributed by atoms with E-state index in [1.807, 2.05) is 6.07 Å². The number of fused-ring (bicyclic) bond motifs is 4. The summed E-state index contributed by atoms with van der Waals surface area (Å²) in [4.78, 5) is 4.82. The van der Waals surface area contributed by atoms with Crippen LogP contribution >= 0.6 is 11.3 Å². The van der Waals surface area contributed by atoms with Crippen LogP contribution in [0.15, 0.2) is 66.7 Å². The minimum Gasteiger partial charge on any atom is -0.236 e. The van der Waals surface area contributed by atoms with E-state index in [1.165, 1.54) is 32.5 Å². The molecule has 0 spiro atoms. The Kier molecular flexibility index (Phi) is 2.77. The molecule has 5 rings (SSSR count). The van der Waals surface area contributed by atoms with Gasteiger partial charge in [-0.15, -0.1) is 11.3 Å². The number of thiazole rings is 1. The summed E-state index contributed by atoms with van der Waals surface area (Å²) in [6.07, 6.45) is 0. The van der Waals surface area contributed by atoms with Gasteiger partial charge in [0.05, 0.1) is 10.2 Å². The molecule has 24 heavy (non-hydrogen) atoms. The Bertz CT molecular complexity index is 1060. The monoisotopic (exact) mass is 327 g/mol. The molecule has 1 nitrogen and oxygen atoms in total. The van der Waals surface area contributed by atoms with Crippen LogP contribution in [0.5, 0.6) is 0 Å². The first-order chi connectivity index (χ1) is 11.6. The third-order valence-corrected chi connectivity index (χ3v) is 6.21. The van der Waals surface area contributed by atoms with Crippen LogP contribution in [0.25, 0.3) is 31.9 Å². The molecule has 1 aliphatic rings. The maximum atomic E-state index is 4.82. The van der Waals surface area contributed by atoms with Gasteiger partial charge in [-0.05, 0) is 40.5 Å². The molecule has 0 aliphatic heterocycles. The highest BCUT2D eigenvalue weighted by Crippen LogP contribution is 2.49. The Morgan fingerprint density at radius 3 is 2.42 bits per heavy atom. The third-order valence-electron chi connectivity index (χ3n) is 5.12. The van der Waals surface area contributed by atoms with Crippen molar-refractivity contribution in [1.29, 1.82) is 0 Å². The fraction of sp³-hybridized carbons (Fsp3) is 0.136. The number of nitrogens with zero attached hydrogens (tertiary/aromatic N) is 1. The molecule has 3 aromatic carbocycles. The molecule has 0 atom stereocenters. The van der Waals surface area contributed by atoms with Crippen molar-refractivity contribution in [1.82, 2.24) is 4.98 Å². The lowest BCUT2D eigenvalue weighted by Gasteiger charge is -2.21. The summed E-state index contributed by atoms with van der Waals surface area (Å²) < 4.78 is 1.25. The van der Waals surface area contributed by atoms with E-state index < -0.39 is 0 Å². The average Bonchev–Trinajstić information content (AvgIpc) is 3.13. The molecule has 0 bridgehead atoms. The molecule has 1 aromatic heterocycles. The zero-order valence-corrected chi connectivity index (χ0v) is 14.5. The topological polar surface area (TPSA) is 12.9 Å². The Hall–Kier alpha value is -2.45. The van der Waals surface area contributed by atoms with Crippen molar-refractivity contribution in [3.63, 3.8) is 0 Å². The molecule has 0 saturated heterocycles. The van der Waals surface area contributed by atoms with Crippen LogP contribution < -0.4 is 0 Å². The fourth-order valence-electron chi connectivity index (χ4n) is 3.83. The normalized spacial score (nSPS) is 14.6. The van der Waals surface area contributed by atoms with Gasteiger partial charge in [0.25, 0.3) is 0 Å². The van der Waals surface area contributed by atoms with Crippen LogP contribution in [0.4, 0.5) is 0 Å². The quantitative estimate of drug-likeness (QED) is 0.401. The predicted octanol–water partition coefficient (Wildman–Crippen LogP) is 6.27. The smallest absolute Gasteiger partial charge is 0.124 e. The van der Waals surface area contributed by atoms with Crippen LogP contribution in [-0.2, 0) is 5.41 Å². The highest BCUT2D eigenvalue weighted by Gasteiger charge is 2.35. The lowest BCUT2D eigenvalue weighted by molar-refractivity contribution is 0.660. The Labute approximate surface area is 145 Å². The molecule has 4 aromatic rings. The molecule has 0 N–H and O–H groups in total. The molecule has 1 heterocycles. The maximum absolute atomic E-state index is 4.82. The molecule has 0 unspecified atom stereocenters. The minimum atomic E-state index is 0.0403. The second-order valence-electron chi connectivity index (χ2n) is 6.92. The van der Waals surface area contributed by atoms with Gasteiger partial charge in [0, 0.05) is 11.0 Å². The van der Waals surface area contributed by atoms with E-state index in [2.05, 4.69) is 74.5 Å². The highest BCUT2D eigenvalue weighted by molar-refractivity contribution is 7.21. The first-order valence-electron chi connectivity index (χ1n) is 8.25. The van der Waals surface area contributed by atoms with E-state index in [0.29, 0.717) is 0 Å². The summed E-state index contributed by atoms with van der Waals surface area (Å²) in [5.41, 5.74) is 7.89. The lowest BCUT2D eigenvalue weighted by Crippen LogP contribution is -2.14. The van der Waals surface area contributed by atoms with Crippen molar-refractivity contribution >= 4 is 21.6 Å². The van der Waals surface area contributed by atoms with E-state index in [0.717, 1.165) is 10.5 Å². The van der Waals surface area contributed by atoms with Crippen molar-refractivity contribution < 1.29 is 0 Å². The van der Waals surface area contributed by atoms with Crippen molar-refractivity contribution in [2.24, 2.45) is 0 Å². The Morgan fingerprint density at radius 1 is 0.792 bits per heavy atom. The van der Waals surface area contributed by atoms with Gasteiger partial charge in [-0.3, -0.25) is 0 Å². The Morgan fingerprint density at radius 2 is 1.54 bits per heavy atom. The number of aromatic nitrogens is 1. The summed E-state index contributed by atoms with van der Waals surface area (Å²) in [7, 11) is 0. The van der Waals surface area contributed by atoms with Crippen LogP contribution in [0.1, 0.15) is 25.0 Å². The van der Waals surface area contributed by atoms with Gasteiger partial charge < -0.3 is 0 Å². The van der Waals surface area contributed by atoms with Crippen molar-refractivity contribution in [2.75, 3.05) is 0 Å². The fourth-order valence-corrected chi connectivity index (χ4v) is 4.79. The summed E-state index contributed by atoms with van der Waals surface area (Å²) >= 11 is 1.77. The van der Waals surface area contributed by atoms with Crippen LogP contribution in [0.3, 0.4) is 0 Å². The number of para-hydroxylation sites is 1. The zero-order valence-electron chi connectivity index (χ0n) is 13.7. The number of benzene rings is 3. The third kappa shape index (κ3) is 1.83. The SMILES string of the molecule is CC1(C)c2ccccc2-c2ccc(-c3nc4ccccc4s3)cc21. The van der Waals surface area contributed by atoms with E-state index in [-0.39, 0.29) is 5.41 Å². The van der Waals surface area contributed by atoms with Gasteiger partial charge in [0.15, 0.2) is 0 Å². The largest absolute Gasteiger partial charge is 0.236 e. The van der Waals surface area contributed by atoms with E-state index >= 15 is 0 Å². The van der Waals surface area contributed by atoms with Gasteiger partial charge in [0.1, 0.15) is 5.01 Å². The lowest BCUT2D eigenvalue weighted by atomic mass is 9.82. The van der Waals surface area contributed by atoms with Crippen LogP contribution in [-0.4, -0.2) is 4.98 Å². The molecule has 0 amide bonds. The number of hydrogen-bond donors (Lipinski definition) is 0. The summed E-state index contributed by atoms with van der Waals surface area (Å²) in [5.74, 6) is 0. The molecular weight excluding hydrogens is 310 g/mol. The number of rotatable bonds is 1. The van der Waals surface area contributed by atoms with Gasteiger partial charge in [-0.25, -0.2) is 4.98 Å². The molecule has 1 aliphatic carbocycles. The minimum absolute atomic E-state index is 0.0403. The van der Waals surface area contributed by atoms with Crippen LogP contribution in [0.2, 0.25) is 0 Å². The molecule has 0 fully saturated rings. The number of hydrogen-bond acceptors (Lipinski definition) is 2. The molecule has 2 heteroatoms. The Balaban J connectivity index is 1.71. The molecule has 0 saturated carbocycles. The van der Waals surface area contributed by atoms with Gasteiger partial charge in [0.2, 0.25) is 0 Å². The van der Waals surface area contributed by atoms with Crippen molar-refractivity contribution in [2.45, 2.75) is 19.3 Å². The van der Waals surface area contributed by atoms with Gasteiger partial charge >= 0.3 is 0 Å². The first-order valence-corrected chi connectivity index (χ1v) is 9.06. The highest BCUT2D eigenvalue weighted by atomic mass is 32.1. The summed E-state index contributed by atoms with van der Waals surface area (Å²) in [6, 6.07) is 23.9. The van der Waals surface area contributed by atoms with E-state index in [4.69, 9.17) is 4.98 Å². The summed E-state index contributed by atoms with van der Waals surface area (Å²) in [6.45, 7) is 4.64. The van der Waals surface area contributed by atoms with E-state index in [9.17, 15) is 0 Å². The maximum Gasteiger partial charge on any atom is 0.124 e. The van der Waals surface area contributed by atoms with Crippen LogP contribution in [0, 0.1) is 0 Å². The van der Waals surface area contributed by atoms with Gasteiger partial charge in [-0.2, -0.15) is 0 Å². The molecular formula is C22H17NS. The first kappa shape index (κ1) is 13.9. The predicted molar refractivity (Wildman–Crippen MR) is 103 cm³/mol. The van der Waals surface area contributed by atoms with Crippen molar-refractivity contribution in [3.8, 4) is 21.7 Å². The average molecular weight is 327 g/mol. The van der Waals surface area contributed by atoms with Crippen molar-refractivity contribution in [3.05, 3.63) is 77.9 Å². The molecule has 116 valence electrons. The van der Waals surface area contributed by atoms with Gasteiger partial charge in [-0.1, -0.05) is 62.4 Å². The summed E-state index contributed by atoms with van der Waals surface area (Å²) in [5, 5.41) is 1.10. The second-order valence-corrected chi connectivity index (χ2v) is 7.95. The standard InChI is InChI=1S/C22H17NS/c1-22(2)17-8-4-3-7-15(17)16-12-11-14(13-18(16)22)21-23-19-9-5-6-10-20(19)24-21/h3-13H,1-2H3.